The molecule has 2 N–H and O–H groups in total. The van der Waals surface area contributed by atoms with Crippen LogP contribution in [0.4, 0.5) is 14.5 Å². The van der Waals surface area contributed by atoms with Gasteiger partial charge in [0.1, 0.15) is 5.82 Å². The average molecular weight is 663 g/mol. The van der Waals surface area contributed by atoms with Crippen LogP contribution in [0.1, 0.15) is 93.5 Å². The molecule has 1 saturated heterocycles. The third-order valence-electron chi connectivity index (χ3n) is 9.24. The number of aryl methyl sites for hydroxylation is 1. The van der Waals surface area contributed by atoms with Gasteiger partial charge in [0.2, 0.25) is 5.91 Å². The van der Waals surface area contributed by atoms with Crippen molar-refractivity contribution < 1.29 is 18.4 Å². The number of benzene rings is 2. The summed E-state index contributed by atoms with van der Waals surface area (Å²) in [7, 11) is 1.89. The van der Waals surface area contributed by atoms with Crippen LogP contribution in [0.15, 0.2) is 24.3 Å². The second kappa shape index (κ2) is 13.1. The number of halogens is 4. The summed E-state index contributed by atoms with van der Waals surface area (Å²) in [6.07, 6.45) is 3.79. The van der Waals surface area contributed by atoms with Crippen LogP contribution in [0, 0.1) is 11.3 Å². The van der Waals surface area contributed by atoms with Crippen molar-refractivity contribution in [1.82, 2.24) is 20.2 Å². The lowest BCUT2D eigenvalue weighted by atomic mass is 9.87. The number of nitrogens with zero attached hydrogens (tertiary/aromatic N) is 3. The van der Waals surface area contributed by atoms with Gasteiger partial charge >= 0.3 is 0 Å². The van der Waals surface area contributed by atoms with Crippen LogP contribution >= 0.6 is 23.2 Å². The standard InChI is InChI=1S/C34H43Cl2F2N5O2/c1-20-6-9-22(10-7-20)40-31(44)24-16-26-28(18-27(24)43-14-12-34(37,38)13-15-43)42(5)29(41-26)17-23-25(35)11-8-21(30(23)36)19-39-32(45)33(2,3)4/h8,11,16,18,20,22H,6-7,9-10,12-15,17,19H2,1-5H3,(H,39,45)(H,40,44). The van der Waals surface area contributed by atoms with E-state index in [2.05, 4.69) is 17.6 Å². The van der Waals surface area contributed by atoms with Crippen LogP contribution in [0.5, 0.6) is 0 Å². The first-order chi connectivity index (χ1) is 21.1. The molecule has 2 aliphatic rings. The van der Waals surface area contributed by atoms with E-state index in [-0.39, 0.29) is 50.3 Å². The summed E-state index contributed by atoms with van der Waals surface area (Å²) in [5.41, 5.74) is 3.39. The maximum Gasteiger partial charge on any atom is 0.253 e. The largest absolute Gasteiger partial charge is 0.370 e. The van der Waals surface area contributed by atoms with E-state index >= 15 is 0 Å². The van der Waals surface area contributed by atoms with E-state index in [0.717, 1.165) is 36.8 Å². The monoisotopic (exact) mass is 661 g/mol. The molecule has 5 rings (SSSR count). The Bertz CT molecular complexity index is 1580. The van der Waals surface area contributed by atoms with Gasteiger partial charge in [0, 0.05) is 62.4 Å². The summed E-state index contributed by atoms with van der Waals surface area (Å²) in [6.45, 7) is 8.36. The normalized spacial score (nSPS) is 20.3. The average Bonchev–Trinajstić information content (AvgIpc) is 3.28. The van der Waals surface area contributed by atoms with E-state index in [0.29, 0.717) is 50.5 Å². The van der Waals surface area contributed by atoms with Gasteiger partial charge in [-0.2, -0.15) is 0 Å². The zero-order valence-electron chi connectivity index (χ0n) is 26.7. The van der Waals surface area contributed by atoms with Crippen molar-refractivity contribution in [2.45, 2.75) is 91.1 Å². The van der Waals surface area contributed by atoms with Gasteiger partial charge in [0.15, 0.2) is 0 Å². The molecule has 1 aliphatic heterocycles. The van der Waals surface area contributed by atoms with Crippen LogP contribution in [-0.2, 0) is 24.8 Å². The molecule has 2 aromatic carbocycles. The fourth-order valence-corrected chi connectivity index (χ4v) is 6.74. The lowest BCUT2D eigenvalue weighted by Gasteiger charge is -2.34. The number of amides is 2. The molecule has 2 heterocycles. The minimum atomic E-state index is -2.70. The van der Waals surface area contributed by atoms with Crippen molar-refractivity contribution in [1.29, 1.82) is 0 Å². The molecule has 11 heteroatoms. The van der Waals surface area contributed by atoms with Gasteiger partial charge in [0.25, 0.3) is 11.8 Å². The number of carbonyl (C=O) groups is 2. The number of piperidine rings is 1. The van der Waals surface area contributed by atoms with Gasteiger partial charge in [-0.25, -0.2) is 13.8 Å². The number of anilines is 1. The Balaban J connectivity index is 1.47. The summed E-state index contributed by atoms with van der Waals surface area (Å²) in [6, 6.07) is 7.34. The quantitative estimate of drug-likeness (QED) is 0.272. The molecule has 2 fully saturated rings. The van der Waals surface area contributed by atoms with Crippen molar-refractivity contribution in [2.24, 2.45) is 18.4 Å². The lowest BCUT2D eigenvalue weighted by molar-refractivity contribution is -0.128. The Kier molecular flexibility index (Phi) is 9.71. The zero-order chi connectivity index (χ0) is 32.7. The number of fused-ring (bicyclic) bond motifs is 1. The highest BCUT2D eigenvalue weighted by Crippen LogP contribution is 2.36. The maximum atomic E-state index is 14.1. The number of alkyl halides is 2. The number of nitrogens with one attached hydrogen (secondary N) is 2. The summed E-state index contributed by atoms with van der Waals surface area (Å²) in [5.74, 6) is -1.66. The van der Waals surface area contributed by atoms with E-state index in [1.54, 1.807) is 18.2 Å². The molecule has 0 bridgehead atoms. The lowest BCUT2D eigenvalue weighted by Crippen LogP contribution is -2.41. The predicted molar refractivity (Wildman–Crippen MR) is 177 cm³/mol. The fraction of sp³-hybridized carbons (Fsp3) is 0.559. The molecule has 45 heavy (non-hydrogen) atoms. The summed E-state index contributed by atoms with van der Waals surface area (Å²) in [5, 5.41) is 7.09. The molecule has 0 atom stereocenters. The highest BCUT2D eigenvalue weighted by atomic mass is 35.5. The van der Waals surface area contributed by atoms with Crippen molar-refractivity contribution in [3.05, 3.63) is 56.8 Å². The van der Waals surface area contributed by atoms with E-state index < -0.39 is 11.3 Å². The van der Waals surface area contributed by atoms with Gasteiger partial charge in [-0.3, -0.25) is 9.59 Å². The Hall–Kier alpha value is -2.91. The highest BCUT2D eigenvalue weighted by Gasteiger charge is 2.35. The molecule has 0 radical (unpaired) electrons. The smallest absolute Gasteiger partial charge is 0.253 e. The molecule has 7 nitrogen and oxygen atoms in total. The molecule has 0 unspecified atom stereocenters. The van der Waals surface area contributed by atoms with Crippen molar-refractivity contribution >= 4 is 51.7 Å². The first-order valence-electron chi connectivity index (χ1n) is 15.8. The molecule has 1 aromatic heterocycles. The number of carbonyl (C=O) groups excluding carboxylic acids is 2. The Morgan fingerprint density at radius 2 is 1.73 bits per heavy atom. The summed E-state index contributed by atoms with van der Waals surface area (Å²) in [4.78, 5) is 33.0. The van der Waals surface area contributed by atoms with E-state index in [1.165, 1.54) is 0 Å². The van der Waals surface area contributed by atoms with Gasteiger partial charge < -0.3 is 20.1 Å². The highest BCUT2D eigenvalue weighted by molar-refractivity contribution is 6.36. The Morgan fingerprint density at radius 1 is 1.07 bits per heavy atom. The molecule has 0 spiro atoms. The van der Waals surface area contributed by atoms with Crippen LogP contribution in [-0.4, -0.2) is 46.4 Å². The Morgan fingerprint density at radius 3 is 2.38 bits per heavy atom. The van der Waals surface area contributed by atoms with Crippen molar-refractivity contribution in [3.8, 4) is 0 Å². The number of aromatic nitrogens is 2. The summed E-state index contributed by atoms with van der Waals surface area (Å²) < 4.78 is 30.1. The van der Waals surface area contributed by atoms with Gasteiger partial charge in [0.05, 0.1) is 27.3 Å². The molecular formula is C34H43Cl2F2N5O2. The SMILES string of the molecule is CC1CCC(NC(=O)c2cc3nc(Cc4c(Cl)ccc(CNC(=O)C(C)(C)C)c4Cl)n(C)c3cc2N2CCC(F)(F)CC2)CC1. The fourth-order valence-electron chi connectivity index (χ4n) is 6.16. The predicted octanol–water partition coefficient (Wildman–Crippen LogP) is 7.68. The zero-order valence-corrected chi connectivity index (χ0v) is 28.2. The van der Waals surface area contributed by atoms with E-state index in [9.17, 15) is 18.4 Å². The first kappa shape index (κ1) is 33.5. The second-order valence-electron chi connectivity index (χ2n) is 13.8. The number of hydrogen-bond donors (Lipinski definition) is 2. The molecule has 3 aromatic rings. The Labute approximate surface area is 274 Å². The first-order valence-corrected chi connectivity index (χ1v) is 16.6. The maximum absolute atomic E-state index is 14.1. The molecule has 1 saturated carbocycles. The van der Waals surface area contributed by atoms with E-state index in [4.69, 9.17) is 28.2 Å². The number of imidazole rings is 1. The number of rotatable bonds is 7. The molecular weight excluding hydrogens is 619 g/mol. The van der Waals surface area contributed by atoms with Gasteiger partial charge in [-0.1, -0.05) is 57.0 Å². The van der Waals surface area contributed by atoms with Crippen LogP contribution in [0.3, 0.4) is 0 Å². The van der Waals surface area contributed by atoms with Crippen LogP contribution in [0.25, 0.3) is 11.0 Å². The molecule has 2 amide bonds. The minimum absolute atomic E-state index is 0.0865. The van der Waals surface area contributed by atoms with Gasteiger partial charge in [-0.05, 0) is 60.9 Å². The van der Waals surface area contributed by atoms with E-state index in [1.807, 2.05) is 43.4 Å². The van der Waals surface area contributed by atoms with Gasteiger partial charge in [-0.15, -0.1) is 0 Å². The molecule has 1 aliphatic carbocycles. The van der Waals surface area contributed by atoms with Crippen molar-refractivity contribution in [3.63, 3.8) is 0 Å². The third kappa shape index (κ3) is 7.57. The van der Waals surface area contributed by atoms with Crippen LogP contribution < -0.4 is 15.5 Å². The summed E-state index contributed by atoms with van der Waals surface area (Å²) >= 11 is 13.5. The third-order valence-corrected chi connectivity index (χ3v) is 10.1. The van der Waals surface area contributed by atoms with Crippen molar-refractivity contribution in [2.75, 3.05) is 18.0 Å². The van der Waals surface area contributed by atoms with Crippen LogP contribution in [0.2, 0.25) is 10.0 Å². The topological polar surface area (TPSA) is 79.3 Å². The second-order valence-corrected chi connectivity index (χ2v) is 14.6. The molecule has 244 valence electrons. The number of hydrogen-bond acceptors (Lipinski definition) is 4. The minimum Gasteiger partial charge on any atom is -0.370 e.